The van der Waals surface area contributed by atoms with Gasteiger partial charge in [-0.1, -0.05) is 20.8 Å². The summed E-state index contributed by atoms with van der Waals surface area (Å²) < 4.78 is 5.37. The van der Waals surface area contributed by atoms with E-state index in [0.29, 0.717) is 17.9 Å². The minimum Gasteiger partial charge on any atom is -0.444 e. The number of hydrogen-bond donors (Lipinski definition) is 1. The summed E-state index contributed by atoms with van der Waals surface area (Å²) in [4.78, 5) is 13.6. The highest BCUT2D eigenvalue weighted by molar-refractivity contribution is 5.67. The summed E-state index contributed by atoms with van der Waals surface area (Å²) in [5, 5.41) is 3.52. The second-order valence-electron chi connectivity index (χ2n) is 7.03. The molecule has 0 aromatic carbocycles. The van der Waals surface area contributed by atoms with Gasteiger partial charge in [-0.3, -0.25) is 0 Å². The molecule has 0 aromatic heterocycles. The summed E-state index contributed by atoms with van der Waals surface area (Å²) in [5.74, 6) is 0.956. The second kappa shape index (κ2) is 8.50. The fourth-order valence-corrected chi connectivity index (χ4v) is 1.76. The third-order valence-corrected chi connectivity index (χ3v) is 3.64. The molecule has 0 heterocycles. The van der Waals surface area contributed by atoms with Crippen molar-refractivity contribution in [3.8, 4) is 0 Å². The van der Waals surface area contributed by atoms with Gasteiger partial charge < -0.3 is 15.0 Å². The number of ether oxygens (including phenoxy) is 1. The van der Waals surface area contributed by atoms with Crippen LogP contribution in [0.3, 0.4) is 0 Å². The molecule has 20 heavy (non-hydrogen) atoms. The van der Waals surface area contributed by atoms with Gasteiger partial charge in [-0.05, 0) is 52.5 Å². The van der Waals surface area contributed by atoms with Gasteiger partial charge >= 0.3 is 6.09 Å². The van der Waals surface area contributed by atoms with Crippen molar-refractivity contribution in [1.29, 1.82) is 0 Å². The summed E-state index contributed by atoms with van der Waals surface area (Å²) >= 11 is 0. The molecule has 0 fully saturated rings. The van der Waals surface area contributed by atoms with E-state index < -0.39 is 5.60 Å². The molecule has 0 bridgehead atoms. The maximum Gasteiger partial charge on any atom is 0.410 e. The first-order valence-corrected chi connectivity index (χ1v) is 7.74. The van der Waals surface area contributed by atoms with Gasteiger partial charge in [0.2, 0.25) is 0 Å². The Morgan fingerprint density at radius 2 is 1.75 bits per heavy atom. The van der Waals surface area contributed by atoms with Crippen molar-refractivity contribution in [2.75, 3.05) is 20.1 Å². The highest BCUT2D eigenvalue weighted by Gasteiger charge is 2.22. The fourth-order valence-electron chi connectivity index (χ4n) is 1.76. The van der Waals surface area contributed by atoms with Gasteiger partial charge in [0.1, 0.15) is 5.60 Å². The minimum absolute atomic E-state index is 0.244. The monoisotopic (exact) mass is 286 g/mol. The maximum absolute atomic E-state index is 11.9. The van der Waals surface area contributed by atoms with Crippen molar-refractivity contribution in [3.05, 3.63) is 0 Å². The SMILES string of the molecule is CCC(C)NCC(C)C(C)CN(C)C(=O)OC(C)(C)C. The predicted octanol–water partition coefficient (Wildman–Crippen LogP) is 3.51. The first-order chi connectivity index (χ1) is 9.06. The number of carbonyl (C=O) groups excluding carboxylic acids is 1. The lowest BCUT2D eigenvalue weighted by molar-refractivity contribution is 0.0263. The molecule has 4 heteroatoms. The van der Waals surface area contributed by atoms with E-state index in [9.17, 15) is 4.79 Å². The van der Waals surface area contributed by atoms with Crippen molar-refractivity contribution in [2.45, 2.75) is 66.5 Å². The van der Waals surface area contributed by atoms with Crippen molar-refractivity contribution >= 4 is 6.09 Å². The summed E-state index contributed by atoms with van der Waals surface area (Å²) in [6.45, 7) is 16.2. The highest BCUT2D eigenvalue weighted by atomic mass is 16.6. The summed E-state index contributed by atoms with van der Waals surface area (Å²) in [7, 11) is 1.80. The number of carbonyl (C=O) groups is 1. The van der Waals surface area contributed by atoms with E-state index in [2.05, 4.69) is 33.0 Å². The molecule has 0 radical (unpaired) electrons. The zero-order chi connectivity index (χ0) is 15.9. The Morgan fingerprint density at radius 3 is 2.20 bits per heavy atom. The fraction of sp³-hybridized carbons (Fsp3) is 0.938. The van der Waals surface area contributed by atoms with Gasteiger partial charge in [0.25, 0.3) is 0 Å². The molecule has 4 nitrogen and oxygen atoms in total. The molecule has 0 saturated carbocycles. The molecule has 1 amide bonds. The van der Waals surface area contributed by atoms with Crippen molar-refractivity contribution in [3.63, 3.8) is 0 Å². The number of rotatable bonds is 7. The van der Waals surface area contributed by atoms with Crippen LogP contribution in [0, 0.1) is 11.8 Å². The average Bonchev–Trinajstić information content (AvgIpc) is 2.32. The Kier molecular flexibility index (Phi) is 8.17. The molecule has 3 atom stereocenters. The Labute approximate surface area is 125 Å². The molecule has 0 aliphatic heterocycles. The topological polar surface area (TPSA) is 41.6 Å². The molecular weight excluding hydrogens is 252 g/mol. The molecule has 0 aliphatic rings. The van der Waals surface area contributed by atoms with Gasteiger partial charge in [-0.2, -0.15) is 0 Å². The lowest BCUT2D eigenvalue weighted by Gasteiger charge is -2.29. The van der Waals surface area contributed by atoms with Gasteiger partial charge in [-0.15, -0.1) is 0 Å². The van der Waals surface area contributed by atoms with Crippen LogP contribution in [0.1, 0.15) is 54.9 Å². The number of hydrogen-bond acceptors (Lipinski definition) is 3. The maximum atomic E-state index is 11.9. The van der Waals surface area contributed by atoms with Gasteiger partial charge in [-0.25, -0.2) is 4.79 Å². The zero-order valence-electron chi connectivity index (χ0n) is 14.6. The molecule has 0 rings (SSSR count). The highest BCUT2D eigenvalue weighted by Crippen LogP contribution is 2.14. The Bertz CT molecular complexity index is 287. The largest absolute Gasteiger partial charge is 0.444 e. The van der Waals surface area contributed by atoms with E-state index in [1.54, 1.807) is 11.9 Å². The quantitative estimate of drug-likeness (QED) is 0.778. The zero-order valence-corrected chi connectivity index (χ0v) is 14.6. The summed E-state index contributed by atoms with van der Waals surface area (Å²) in [6.07, 6.45) is 0.894. The normalized spacial score (nSPS) is 16.4. The first-order valence-electron chi connectivity index (χ1n) is 7.74. The predicted molar refractivity (Wildman–Crippen MR) is 84.9 cm³/mol. The van der Waals surface area contributed by atoms with Crippen LogP contribution in [-0.4, -0.2) is 42.8 Å². The molecule has 1 N–H and O–H groups in total. The van der Waals surface area contributed by atoms with Crippen molar-refractivity contribution < 1.29 is 9.53 Å². The molecule has 0 spiro atoms. The average molecular weight is 286 g/mol. The van der Waals surface area contributed by atoms with Gasteiger partial charge in [0.05, 0.1) is 0 Å². The van der Waals surface area contributed by atoms with Crippen LogP contribution in [0.5, 0.6) is 0 Å². The molecular formula is C16H34N2O2. The van der Waals surface area contributed by atoms with Crippen LogP contribution in [0.25, 0.3) is 0 Å². The van der Waals surface area contributed by atoms with Gasteiger partial charge in [0.15, 0.2) is 0 Å². The Hall–Kier alpha value is -0.770. The Balaban J connectivity index is 4.17. The second-order valence-corrected chi connectivity index (χ2v) is 7.03. The van der Waals surface area contributed by atoms with Crippen LogP contribution < -0.4 is 5.32 Å². The summed E-state index contributed by atoms with van der Waals surface area (Å²) in [5.41, 5.74) is -0.432. The standard InChI is InChI=1S/C16H34N2O2/c1-9-14(4)17-10-12(2)13(3)11-18(8)15(19)20-16(5,6)7/h12-14,17H,9-11H2,1-8H3. The van der Waals surface area contributed by atoms with E-state index in [-0.39, 0.29) is 6.09 Å². The molecule has 0 saturated heterocycles. The Morgan fingerprint density at radius 1 is 1.20 bits per heavy atom. The number of nitrogens with zero attached hydrogens (tertiary/aromatic N) is 1. The molecule has 120 valence electrons. The molecule has 0 aliphatic carbocycles. The van der Waals surface area contributed by atoms with E-state index in [4.69, 9.17) is 4.74 Å². The third kappa shape index (κ3) is 8.41. The van der Waals surface area contributed by atoms with Crippen molar-refractivity contribution in [2.24, 2.45) is 11.8 Å². The van der Waals surface area contributed by atoms with Crippen LogP contribution >= 0.6 is 0 Å². The van der Waals surface area contributed by atoms with Crippen LogP contribution in [0.2, 0.25) is 0 Å². The van der Waals surface area contributed by atoms with E-state index in [1.807, 2.05) is 20.8 Å². The van der Waals surface area contributed by atoms with E-state index in [1.165, 1.54) is 0 Å². The minimum atomic E-state index is -0.432. The number of nitrogens with one attached hydrogen (secondary N) is 1. The molecule has 3 unspecified atom stereocenters. The van der Waals surface area contributed by atoms with Crippen LogP contribution in [0.4, 0.5) is 4.79 Å². The van der Waals surface area contributed by atoms with E-state index >= 15 is 0 Å². The third-order valence-electron chi connectivity index (χ3n) is 3.64. The van der Waals surface area contributed by atoms with Crippen LogP contribution in [0.15, 0.2) is 0 Å². The van der Waals surface area contributed by atoms with Crippen LogP contribution in [-0.2, 0) is 4.74 Å². The first kappa shape index (κ1) is 19.2. The lowest BCUT2D eigenvalue weighted by atomic mass is 9.95. The molecule has 0 aromatic rings. The summed E-state index contributed by atoms with van der Waals surface area (Å²) in [6, 6.07) is 0.549. The number of amides is 1. The lowest BCUT2D eigenvalue weighted by Crippen LogP contribution is -2.39. The van der Waals surface area contributed by atoms with Crippen molar-refractivity contribution in [1.82, 2.24) is 10.2 Å². The van der Waals surface area contributed by atoms with Gasteiger partial charge in [0, 0.05) is 19.6 Å². The van der Waals surface area contributed by atoms with E-state index in [0.717, 1.165) is 19.5 Å². The smallest absolute Gasteiger partial charge is 0.410 e.